The summed E-state index contributed by atoms with van der Waals surface area (Å²) in [4.78, 5) is 35.0. The third-order valence-corrected chi connectivity index (χ3v) is 10.5. The molecule has 0 saturated heterocycles. The van der Waals surface area contributed by atoms with Gasteiger partial charge in [-0.25, -0.2) is 4.57 Å². The van der Waals surface area contributed by atoms with Crippen LogP contribution in [0.1, 0.15) is 181 Å². The van der Waals surface area contributed by atoms with Crippen LogP contribution in [0, 0.1) is 0 Å². The van der Waals surface area contributed by atoms with E-state index in [9.17, 15) is 24.2 Å². The number of allylic oxidation sites excluding steroid dienone is 14. The van der Waals surface area contributed by atoms with E-state index in [4.69, 9.17) is 19.1 Å². The Hall–Kier alpha value is -2.85. The number of rotatable bonds is 43. The Balaban J connectivity index is 4.38. The predicted molar refractivity (Wildman–Crippen MR) is 251 cm³/mol. The third kappa shape index (κ3) is 45.0. The first-order valence-electron chi connectivity index (χ1n) is 23.5. The quantitative estimate of drug-likeness (QED) is 0.0234. The zero-order valence-electron chi connectivity index (χ0n) is 38.1. The molecule has 0 aromatic rings. The number of hydrogen-bond acceptors (Lipinski definition) is 9. The number of carbonyl (C=O) groups excluding carboxylic acids is 2. The summed E-state index contributed by atoms with van der Waals surface area (Å²) < 4.78 is 32.7. The maximum Gasteiger partial charge on any atom is 0.472 e. The Morgan fingerprint density at radius 1 is 0.492 bits per heavy atom. The summed E-state index contributed by atoms with van der Waals surface area (Å²) in [7, 11) is -4.65. The number of hydrogen-bond donors (Lipinski definition) is 3. The Labute approximate surface area is 371 Å². The van der Waals surface area contributed by atoms with Crippen LogP contribution >= 0.6 is 7.82 Å². The molecule has 0 heterocycles. The number of phosphoric acid groups is 1. The molecule has 61 heavy (non-hydrogen) atoms. The van der Waals surface area contributed by atoms with E-state index < -0.39 is 51.8 Å². The van der Waals surface area contributed by atoms with Crippen LogP contribution in [0.3, 0.4) is 0 Å². The molecule has 0 saturated carbocycles. The van der Waals surface area contributed by atoms with Crippen molar-refractivity contribution >= 4 is 19.8 Å². The summed E-state index contributed by atoms with van der Waals surface area (Å²) >= 11 is 0. The van der Waals surface area contributed by atoms with Crippen LogP contribution in [0.4, 0.5) is 0 Å². The molecule has 3 N–H and O–H groups in total. The van der Waals surface area contributed by atoms with Gasteiger partial charge in [0, 0.05) is 12.8 Å². The number of unbranched alkanes of at least 4 members (excludes halogenated alkanes) is 15. The van der Waals surface area contributed by atoms with Crippen LogP contribution in [0.5, 0.6) is 0 Å². The summed E-state index contributed by atoms with van der Waals surface area (Å²) in [6, 6.07) is 0. The molecule has 3 atom stereocenters. The molecular formula is C50H85O10P. The van der Waals surface area contributed by atoms with Crippen molar-refractivity contribution in [1.82, 2.24) is 0 Å². The van der Waals surface area contributed by atoms with E-state index in [1.54, 1.807) is 0 Å². The normalized spacial score (nSPS) is 14.5. The van der Waals surface area contributed by atoms with E-state index in [0.29, 0.717) is 12.8 Å². The van der Waals surface area contributed by atoms with Gasteiger partial charge in [0.15, 0.2) is 6.10 Å². The minimum atomic E-state index is -4.65. The lowest BCUT2D eigenvalue weighted by molar-refractivity contribution is -0.161. The second-order valence-corrected chi connectivity index (χ2v) is 16.9. The molecule has 0 aliphatic carbocycles. The monoisotopic (exact) mass is 877 g/mol. The Morgan fingerprint density at radius 2 is 0.885 bits per heavy atom. The zero-order valence-corrected chi connectivity index (χ0v) is 39.0. The van der Waals surface area contributed by atoms with Crippen molar-refractivity contribution in [3.63, 3.8) is 0 Å². The molecule has 0 bridgehead atoms. The van der Waals surface area contributed by atoms with Gasteiger partial charge in [0.2, 0.25) is 0 Å². The SMILES string of the molecule is CCCCC/C=C/C/C=C/C/C=C/C/C=C/C/C=C/CCC(=O)O[C@H](COC(=O)CCCCCCCCCCC/C=C/C/C=C/CCCCC)COP(=O)(O)OC[C@@H](O)CO. The Morgan fingerprint density at radius 3 is 1.34 bits per heavy atom. The van der Waals surface area contributed by atoms with Crippen molar-refractivity contribution in [2.75, 3.05) is 26.4 Å². The van der Waals surface area contributed by atoms with Crippen molar-refractivity contribution in [2.45, 2.75) is 193 Å². The van der Waals surface area contributed by atoms with Crippen LogP contribution < -0.4 is 0 Å². The molecule has 0 rings (SSSR count). The smallest absolute Gasteiger partial charge is 0.462 e. The number of esters is 2. The molecule has 10 nitrogen and oxygen atoms in total. The molecule has 0 aliphatic rings. The van der Waals surface area contributed by atoms with Gasteiger partial charge in [-0.2, -0.15) is 0 Å². The topological polar surface area (TPSA) is 149 Å². The molecule has 11 heteroatoms. The van der Waals surface area contributed by atoms with Gasteiger partial charge in [0.05, 0.1) is 19.8 Å². The van der Waals surface area contributed by atoms with Crippen molar-refractivity contribution in [3.05, 3.63) is 85.1 Å². The van der Waals surface area contributed by atoms with E-state index in [-0.39, 0.29) is 19.4 Å². The zero-order chi connectivity index (χ0) is 44.8. The average Bonchev–Trinajstić information content (AvgIpc) is 3.25. The summed E-state index contributed by atoms with van der Waals surface area (Å²) in [5, 5.41) is 18.4. The fourth-order valence-corrected chi connectivity index (χ4v) is 6.68. The van der Waals surface area contributed by atoms with Gasteiger partial charge in [-0.3, -0.25) is 18.6 Å². The number of aliphatic hydroxyl groups excluding tert-OH is 2. The fraction of sp³-hybridized carbons (Fsp3) is 0.680. The highest BCUT2D eigenvalue weighted by molar-refractivity contribution is 7.47. The summed E-state index contributed by atoms with van der Waals surface area (Å²) in [5.74, 6) is -1.03. The third-order valence-electron chi connectivity index (χ3n) is 9.54. The second kappa shape index (κ2) is 45.2. The Bertz CT molecular complexity index is 1280. The van der Waals surface area contributed by atoms with Crippen LogP contribution in [0.15, 0.2) is 85.1 Å². The molecule has 0 radical (unpaired) electrons. The van der Waals surface area contributed by atoms with Gasteiger partial charge < -0.3 is 24.6 Å². The maximum absolute atomic E-state index is 12.6. The van der Waals surface area contributed by atoms with Crippen molar-refractivity contribution < 1.29 is 47.8 Å². The van der Waals surface area contributed by atoms with Crippen molar-refractivity contribution in [2.24, 2.45) is 0 Å². The average molecular weight is 877 g/mol. The van der Waals surface area contributed by atoms with Crippen LogP contribution in [0.2, 0.25) is 0 Å². The number of ether oxygens (including phenoxy) is 2. The lowest BCUT2D eigenvalue weighted by Crippen LogP contribution is -2.29. The predicted octanol–water partition coefficient (Wildman–Crippen LogP) is 13.0. The van der Waals surface area contributed by atoms with Gasteiger partial charge in [-0.15, -0.1) is 0 Å². The molecule has 0 spiro atoms. The first-order valence-corrected chi connectivity index (χ1v) is 25.0. The van der Waals surface area contributed by atoms with E-state index in [2.05, 4.69) is 91.3 Å². The summed E-state index contributed by atoms with van der Waals surface area (Å²) in [6.45, 7) is 2.24. The molecule has 0 aliphatic heterocycles. The highest BCUT2D eigenvalue weighted by Crippen LogP contribution is 2.43. The van der Waals surface area contributed by atoms with Crippen LogP contribution in [0.25, 0.3) is 0 Å². The highest BCUT2D eigenvalue weighted by Gasteiger charge is 2.27. The highest BCUT2D eigenvalue weighted by atomic mass is 31.2. The first kappa shape index (κ1) is 58.1. The van der Waals surface area contributed by atoms with Gasteiger partial charge in [-0.1, -0.05) is 170 Å². The van der Waals surface area contributed by atoms with Gasteiger partial charge in [0.1, 0.15) is 12.7 Å². The number of phosphoric ester groups is 1. The minimum Gasteiger partial charge on any atom is -0.462 e. The fourth-order valence-electron chi connectivity index (χ4n) is 5.89. The first-order chi connectivity index (χ1) is 29.7. The Kier molecular flexibility index (Phi) is 43.1. The second-order valence-electron chi connectivity index (χ2n) is 15.4. The van der Waals surface area contributed by atoms with Crippen LogP contribution in [-0.4, -0.2) is 65.7 Å². The van der Waals surface area contributed by atoms with Gasteiger partial charge >= 0.3 is 19.8 Å². The molecule has 0 aromatic carbocycles. The molecule has 0 aromatic heterocycles. The number of aliphatic hydroxyl groups is 2. The minimum absolute atomic E-state index is 0.0558. The standard InChI is InChI=1S/C50H85O10P/c1-3-5-7-9-11-13-15-17-19-21-23-25-27-29-31-33-35-37-39-41-49(53)57-45-48(46-59-61(55,56)58-44-47(52)43-51)60-50(54)42-40-38-36-34-32-30-28-26-24-22-20-18-16-14-12-10-8-6-4-2/h11-14,17-20,24,26,30,32,36,38,47-48,51-52H,3-10,15-16,21-23,25,27-29,31,33-35,37,39-46H2,1-2H3,(H,55,56)/b13-11+,14-12+,19-17+,20-18+,26-24+,32-30+,38-36+/t47-,48+/m0/s1. The van der Waals surface area contributed by atoms with Gasteiger partial charge in [-0.05, 0) is 83.5 Å². The molecule has 0 fully saturated rings. The summed E-state index contributed by atoms with van der Waals surface area (Å²) in [5.41, 5.74) is 0. The lowest BCUT2D eigenvalue weighted by atomic mass is 10.1. The largest absolute Gasteiger partial charge is 0.472 e. The summed E-state index contributed by atoms with van der Waals surface area (Å²) in [6.07, 6.45) is 54.1. The van der Waals surface area contributed by atoms with Crippen LogP contribution in [-0.2, 0) is 32.7 Å². The molecule has 350 valence electrons. The van der Waals surface area contributed by atoms with E-state index >= 15 is 0 Å². The van der Waals surface area contributed by atoms with E-state index in [0.717, 1.165) is 57.8 Å². The molecule has 1 unspecified atom stereocenters. The van der Waals surface area contributed by atoms with Gasteiger partial charge in [0.25, 0.3) is 0 Å². The van der Waals surface area contributed by atoms with E-state index in [1.165, 1.54) is 83.5 Å². The van der Waals surface area contributed by atoms with Crippen molar-refractivity contribution in [3.8, 4) is 0 Å². The lowest BCUT2D eigenvalue weighted by Gasteiger charge is -2.20. The molecular weight excluding hydrogens is 792 g/mol. The van der Waals surface area contributed by atoms with E-state index in [1.807, 2.05) is 12.2 Å². The van der Waals surface area contributed by atoms with Crippen molar-refractivity contribution in [1.29, 1.82) is 0 Å². The molecule has 0 amide bonds. The number of carbonyl (C=O) groups is 2. The maximum atomic E-state index is 12.6.